The van der Waals surface area contributed by atoms with Crippen molar-refractivity contribution in [2.75, 3.05) is 5.32 Å². The number of anilines is 1. The Bertz CT molecular complexity index is 2530. The number of fused-ring (bicyclic) bond motifs is 2. The number of alkyl halides is 6. The zero-order chi connectivity index (χ0) is 38.9. The number of carbonyl (C=O) groups excluding carboxylic acids is 2. The number of aromatic nitrogens is 8. The molecule has 0 bridgehead atoms. The van der Waals surface area contributed by atoms with Crippen molar-refractivity contribution in [3.8, 4) is 28.4 Å². The molecule has 54 heavy (non-hydrogen) atoms. The number of rotatable bonds is 6. The van der Waals surface area contributed by atoms with Gasteiger partial charge < -0.3 is 10.1 Å². The van der Waals surface area contributed by atoms with Crippen molar-refractivity contribution >= 4 is 29.5 Å². The van der Waals surface area contributed by atoms with Gasteiger partial charge in [-0.2, -0.15) is 46.2 Å². The van der Waals surface area contributed by atoms with Crippen molar-refractivity contribution in [2.45, 2.75) is 40.0 Å². The molecule has 0 saturated heterocycles. The molecule has 7 aromatic rings. The molecule has 0 fully saturated rings. The van der Waals surface area contributed by atoms with Gasteiger partial charge in [0.1, 0.15) is 5.69 Å². The predicted molar refractivity (Wildman–Crippen MR) is 182 cm³/mol. The molecule has 0 unspecified atom stereocenters. The summed E-state index contributed by atoms with van der Waals surface area (Å²) >= 11 is 0. The van der Waals surface area contributed by atoms with Gasteiger partial charge in [-0.3, -0.25) is 9.59 Å². The fourth-order valence-electron chi connectivity index (χ4n) is 5.69. The molecule has 2 aromatic carbocycles. The van der Waals surface area contributed by atoms with Gasteiger partial charge >= 0.3 is 12.4 Å². The van der Waals surface area contributed by atoms with Crippen molar-refractivity contribution in [1.29, 1.82) is 0 Å². The van der Waals surface area contributed by atoms with E-state index in [9.17, 15) is 35.9 Å². The molecule has 0 atom stereocenters. The molecule has 0 aliphatic carbocycles. The number of carbonyl (C=O) groups is 2. The number of hydrogen-bond acceptors (Lipinski definition) is 9. The van der Waals surface area contributed by atoms with Gasteiger partial charge in [-0.1, -0.05) is 36.4 Å². The number of amides is 1. The number of hydrogen-bond donors (Lipinski definition) is 1. The van der Waals surface area contributed by atoms with Crippen LogP contribution in [-0.2, 0) is 17.1 Å². The molecule has 5 aromatic heterocycles. The summed E-state index contributed by atoms with van der Waals surface area (Å²) in [5, 5.41) is 18.6. The number of imidazole rings is 2. The van der Waals surface area contributed by atoms with Gasteiger partial charge in [-0.25, -0.2) is 14.5 Å². The van der Waals surface area contributed by atoms with Gasteiger partial charge in [-0.15, -0.1) is 5.10 Å². The minimum Gasteiger partial charge on any atom is -0.408 e. The van der Waals surface area contributed by atoms with E-state index in [2.05, 4.69) is 35.7 Å². The zero-order valence-corrected chi connectivity index (χ0v) is 28.7. The average molecular weight is 748 g/mol. The molecule has 0 saturated carbocycles. The Morgan fingerprint density at radius 3 is 1.76 bits per heavy atom. The summed E-state index contributed by atoms with van der Waals surface area (Å²) in [6, 6.07) is 16.6. The van der Waals surface area contributed by atoms with Gasteiger partial charge in [0, 0.05) is 17.3 Å². The maximum atomic E-state index is 13.5. The van der Waals surface area contributed by atoms with E-state index in [1.165, 1.54) is 63.8 Å². The molecular formula is C36H27F6N9O3. The molecule has 7 rings (SSSR count). The maximum Gasteiger partial charge on any atom is 0.417 e. The number of halogens is 6. The quantitative estimate of drug-likeness (QED) is 0.134. The van der Waals surface area contributed by atoms with Crippen LogP contribution in [0.1, 0.15) is 44.1 Å². The molecule has 276 valence electrons. The second kappa shape index (κ2) is 14.4. The van der Waals surface area contributed by atoms with Crippen LogP contribution in [0.2, 0.25) is 0 Å². The average Bonchev–Trinajstić information content (AvgIpc) is 3.64. The van der Waals surface area contributed by atoms with Gasteiger partial charge in [0.05, 0.1) is 28.2 Å². The minimum absolute atomic E-state index is 0.0570. The fourth-order valence-corrected chi connectivity index (χ4v) is 5.69. The van der Waals surface area contributed by atoms with Crippen LogP contribution in [-0.4, -0.2) is 51.8 Å². The Labute approximate surface area is 301 Å². The minimum atomic E-state index is -4.54. The molecule has 0 spiro atoms. The second-order valence-electron chi connectivity index (χ2n) is 11.8. The van der Waals surface area contributed by atoms with Crippen molar-refractivity contribution in [3.63, 3.8) is 0 Å². The molecule has 0 aliphatic rings. The Morgan fingerprint density at radius 1 is 0.722 bits per heavy atom. The van der Waals surface area contributed by atoms with Crippen LogP contribution in [0.4, 0.5) is 32.2 Å². The molecule has 5 heterocycles. The van der Waals surface area contributed by atoms with E-state index in [4.69, 9.17) is 4.74 Å². The molecule has 0 aliphatic heterocycles. The van der Waals surface area contributed by atoms with E-state index in [1.807, 2.05) is 0 Å². The lowest BCUT2D eigenvalue weighted by atomic mass is 10.0. The highest BCUT2D eigenvalue weighted by molar-refractivity contribution is 6.04. The number of benzene rings is 2. The van der Waals surface area contributed by atoms with E-state index in [1.54, 1.807) is 39.8 Å². The number of nitrogens with one attached hydrogen (secondary N) is 1. The van der Waals surface area contributed by atoms with E-state index in [0.717, 1.165) is 12.1 Å². The number of ether oxygens (including phenoxy) is 1. The number of aryl methyl sites for hydroxylation is 4. The second-order valence-corrected chi connectivity index (χ2v) is 11.8. The Balaban J connectivity index is 0.000000189. The van der Waals surface area contributed by atoms with Gasteiger partial charge in [0.25, 0.3) is 12.4 Å². The van der Waals surface area contributed by atoms with Crippen LogP contribution >= 0.6 is 0 Å². The monoisotopic (exact) mass is 747 g/mol. The molecule has 1 amide bonds. The summed E-state index contributed by atoms with van der Waals surface area (Å²) in [4.78, 5) is 32.1. The van der Waals surface area contributed by atoms with Crippen LogP contribution in [0.25, 0.3) is 33.8 Å². The highest BCUT2D eigenvalue weighted by Crippen LogP contribution is 2.38. The summed E-state index contributed by atoms with van der Waals surface area (Å²) in [7, 11) is 0. The van der Waals surface area contributed by atoms with Gasteiger partial charge in [-0.05, 0) is 75.2 Å². The smallest absolute Gasteiger partial charge is 0.408 e. The molecular weight excluding hydrogens is 720 g/mol. The van der Waals surface area contributed by atoms with E-state index < -0.39 is 29.4 Å². The summed E-state index contributed by atoms with van der Waals surface area (Å²) in [5.74, 6) is -0.241. The summed E-state index contributed by atoms with van der Waals surface area (Å²) < 4.78 is 87.5. The van der Waals surface area contributed by atoms with Crippen LogP contribution in [0.5, 0.6) is 5.88 Å². The third-order valence-electron chi connectivity index (χ3n) is 8.04. The summed E-state index contributed by atoms with van der Waals surface area (Å²) in [6.45, 7) is 6.88. The first-order chi connectivity index (χ1) is 25.6. The van der Waals surface area contributed by atoms with Crippen LogP contribution in [0.15, 0.2) is 79.0 Å². The first kappa shape index (κ1) is 37.1. The van der Waals surface area contributed by atoms with Crippen molar-refractivity contribution < 1.29 is 40.7 Å². The molecule has 12 nitrogen and oxygen atoms in total. The van der Waals surface area contributed by atoms with Gasteiger partial charge in [0.15, 0.2) is 22.8 Å². The van der Waals surface area contributed by atoms with E-state index in [0.29, 0.717) is 33.8 Å². The first-order valence-electron chi connectivity index (χ1n) is 15.8. The van der Waals surface area contributed by atoms with E-state index in [-0.39, 0.29) is 46.4 Å². The first-order valence-corrected chi connectivity index (χ1v) is 15.8. The highest BCUT2D eigenvalue weighted by Gasteiger charge is 2.35. The standard InChI is InChI=1S/C20H15F3N6O.C16H12F3N3O2/c1-11-10-15(13-6-3-4-7-14(13)20(21,22)23)28-29-17(12(2)25-18(11)29)19(30)26-16-8-5-9-24-27-16;1-9-7-13(11-5-3-4-6-12(11)16(17,18)19)21-22-14(9)20-10(2)15(22)24-8-23/h3-10H,1-2H3,(H,26,27,30);3-8H,1-2H3. The maximum absolute atomic E-state index is 13.5. The lowest BCUT2D eigenvalue weighted by molar-refractivity contribution is -0.137. The Hall–Kier alpha value is -6.72. The fraction of sp³-hybridized carbons (Fsp3) is 0.167. The lowest BCUT2D eigenvalue weighted by Crippen LogP contribution is -2.18. The molecule has 0 radical (unpaired) electrons. The van der Waals surface area contributed by atoms with E-state index >= 15 is 0 Å². The summed E-state index contributed by atoms with van der Waals surface area (Å²) in [6.07, 6.45) is -7.59. The van der Waals surface area contributed by atoms with Gasteiger partial charge in [0.2, 0.25) is 5.88 Å². The topological polar surface area (TPSA) is 142 Å². The Morgan fingerprint density at radius 2 is 1.24 bits per heavy atom. The third kappa shape index (κ3) is 7.30. The van der Waals surface area contributed by atoms with Crippen molar-refractivity contribution in [1.82, 2.24) is 39.4 Å². The zero-order valence-electron chi connectivity index (χ0n) is 28.7. The van der Waals surface area contributed by atoms with Crippen LogP contribution < -0.4 is 10.1 Å². The van der Waals surface area contributed by atoms with Crippen molar-refractivity contribution in [3.05, 3.63) is 118 Å². The predicted octanol–water partition coefficient (Wildman–Crippen LogP) is 7.64. The number of nitrogens with zero attached hydrogens (tertiary/aromatic N) is 8. The highest BCUT2D eigenvalue weighted by atomic mass is 19.4. The third-order valence-corrected chi connectivity index (χ3v) is 8.04. The van der Waals surface area contributed by atoms with Crippen LogP contribution in [0.3, 0.4) is 0 Å². The van der Waals surface area contributed by atoms with Crippen molar-refractivity contribution in [2.24, 2.45) is 0 Å². The lowest BCUT2D eigenvalue weighted by Gasteiger charge is -2.13. The SMILES string of the molecule is Cc1nc2c(C)cc(-c3ccccc3C(F)(F)F)nn2c1C(=O)Nc1cccnn1.Cc1nc2c(C)cc(-c3ccccc3C(F)(F)F)nn2c1OC=O. The Kier molecular flexibility index (Phi) is 9.85. The molecule has 18 heteroatoms. The summed E-state index contributed by atoms with van der Waals surface area (Å²) in [5.41, 5.74) is 1.35. The largest absolute Gasteiger partial charge is 0.417 e. The normalized spacial score (nSPS) is 11.7. The molecule has 1 N–H and O–H groups in total. The van der Waals surface area contributed by atoms with Crippen LogP contribution in [0, 0.1) is 27.7 Å².